The van der Waals surface area contributed by atoms with E-state index in [-0.39, 0.29) is 5.75 Å². The molecule has 0 amide bonds. The fraction of sp³-hybridized carbons (Fsp3) is 0.0400. The second kappa shape index (κ2) is 10.5. The van der Waals surface area contributed by atoms with Gasteiger partial charge in [-0.2, -0.15) is 5.26 Å². The predicted molar refractivity (Wildman–Crippen MR) is 124 cm³/mol. The number of methoxy groups -OCH3 is 1. The van der Waals surface area contributed by atoms with Gasteiger partial charge in [-0.1, -0.05) is 53.5 Å². The lowest BCUT2D eigenvalue weighted by atomic mass is 10.0. The van der Waals surface area contributed by atoms with Gasteiger partial charge in [0, 0.05) is 16.1 Å². The highest BCUT2D eigenvalue weighted by Crippen LogP contribution is 2.30. The van der Waals surface area contributed by atoms with E-state index in [0.29, 0.717) is 21.4 Å². The topological polar surface area (TPSA) is 59.3 Å². The number of halogens is 2. The summed E-state index contributed by atoms with van der Waals surface area (Å²) in [5, 5.41) is 10.7. The molecule has 3 rings (SSSR count). The number of hydrogen-bond acceptors (Lipinski definition) is 4. The Kier molecular flexibility index (Phi) is 7.50. The minimum Gasteiger partial charge on any atom is -0.493 e. The zero-order chi connectivity index (χ0) is 22.2. The van der Waals surface area contributed by atoms with Crippen LogP contribution in [0.25, 0.3) is 17.7 Å². The van der Waals surface area contributed by atoms with Crippen LogP contribution in [0.2, 0.25) is 10.0 Å². The first-order chi connectivity index (χ1) is 15.0. The Morgan fingerprint density at radius 2 is 1.52 bits per heavy atom. The van der Waals surface area contributed by atoms with E-state index in [4.69, 9.17) is 32.7 Å². The highest BCUT2D eigenvalue weighted by Gasteiger charge is 2.10. The van der Waals surface area contributed by atoms with Gasteiger partial charge >= 0.3 is 5.97 Å². The van der Waals surface area contributed by atoms with Gasteiger partial charge in [-0.25, -0.2) is 4.79 Å². The summed E-state index contributed by atoms with van der Waals surface area (Å²) < 4.78 is 10.7. The van der Waals surface area contributed by atoms with E-state index in [1.165, 1.54) is 13.2 Å². The molecule has 0 saturated heterocycles. The van der Waals surface area contributed by atoms with Gasteiger partial charge in [-0.3, -0.25) is 0 Å². The molecule has 0 N–H and O–H groups in total. The lowest BCUT2D eigenvalue weighted by molar-refractivity contribution is -0.129. The third-order valence-electron chi connectivity index (χ3n) is 4.27. The lowest BCUT2D eigenvalue weighted by Gasteiger charge is -2.09. The van der Waals surface area contributed by atoms with Crippen molar-refractivity contribution in [3.63, 3.8) is 0 Å². The summed E-state index contributed by atoms with van der Waals surface area (Å²) in [5.41, 5.74) is 2.75. The second-order valence-corrected chi connectivity index (χ2v) is 7.27. The maximum atomic E-state index is 12.2. The largest absolute Gasteiger partial charge is 0.493 e. The van der Waals surface area contributed by atoms with Crippen LogP contribution in [0.3, 0.4) is 0 Å². The van der Waals surface area contributed by atoms with Crippen molar-refractivity contribution in [2.45, 2.75) is 0 Å². The molecule has 4 nitrogen and oxygen atoms in total. The minimum absolute atomic E-state index is 0.274. The molecule has 0 aromatic heterocycles. The molecule has 0 heterocycles. The van der Waals surface area contributed by atoms with Gasteiger partial charge in [-0.15, -0.1) is 0 Å². The molecular weight excluding hydrogens is 433 g/mol. The Hall–Kier alpha value is -3.52. The fourth-order valence-electron chi connectivity index (χ4n) is 2.72. The normalized spacial score (nSPS) is 11.2. The summed E-state index contributed by atoms with van der Waals surface area (Å²) in [6.45, 7) is 0. The van der Waals surface area contributed by atoms with Crippen LogP contribution in [0.4, 0.5) is 0 Å². The number of allylic oxidation sites excluding steroid dienone is 1. The number of hydrogen-bond donors (Lipinski definition) is 0. The Labute approximate surface area is 190 Å². The number of benzene rings is 3. The van der Waals surface area contributed by atoms with Crippen molar-refractivity contribution in [3.05, 3.63) is 99.5 Å². The zero-order valence-electron chi connectivity index (χ0n) is 16.5. The van der Waals surface area contributed by atoms with Gasteiger partial charge in [0.1, 0.15) is 0 Å². The zero-order valence-corrected chi connectivity index (χ0v) is 18.0. The van der Waals surface area contributed by atoms with Crippen LogP contribution in [0.5, 0.6) is 11.5 Å². The quantitative estimate of drug-likeness (QED) is 0.138. The number of esters is 1. The molecule has 0 aliphatic carbocycles. The first kappa shape index (κ1) is 22.2. The first-order valence-electron chi connectivity index (χ1n) is 9.20. The molecule has 0 aliphatic heterocycles. The van der Waals surface area contributed by atoms with E-state index in [1.54, 1.807) is 78.9 Å². The molecule has 154 valence electrons. The molecule has 0 atom stereocenters. The van der Waals surface area contributed by atoms with E-state index < -0.39 is 5.97 Å². The lowest BCUT2D eigenvalue weighted by Crippen LogP contribution is -2.05. The van der Waals surface area contributed by atoms with Crippen molar-refractivity contribution in [2.24, 2.45) is 0 Å². The third kappa shape index (κ3) is 6.23. The van der Waals surface area contributed by atoms with Crippen LogP contribution in [-0.4, -0.2) is 13.1 Å². The first-order valence-corrected chi connectivity index (χ1v) is 9.95. The predicted octanol–water partition coefficient (Wildman–Crippen LogP) is 6.68. The van der Waals surface area contributed by atoms with Gasteiger partial charge in [0.2, 0.25) is 0 Å². The Morgan fingerprint density at radius 3 is 2.13 bits per heavy atom. The monoisotopic (exact) mass is 449 g/mol. The molecule has 0 radical (unpaired) electrons. The van der Waals surface area contributed by atoms with Crippen LogP contribution in [0.15, 0.2) is 72.8 Å². The van der Waals surface area contributed by atoms with Crippen molar-refractivity contribution >= 4 is 46.9 Å². The Bertz CT molecular complexity index is 1170. The van der Waals surface area contributed by atoms with Crippen LogP contribution < -0.4 is 9.47 Å². The number of ether oxygens (including phenoxy) is 2. The number of carbonyl (C=O) groups is 1. The molecule has 3 aromatic carbocycles. The molecule has 0 fully saturated rings. The van der Waals surface area contributed by atoms with E-state index in [2.05, 4.69) is 6.07 Å². The Balaban J connectivity index is 1.77. The summed E-state index contributed by atoms with van der Waals surface area (Å²) in [4.78, 5) is 12.2. The summed E-state index contributed by atoms with van der Waals surface area (Å²) in [7, 11) is 1.48. The molecule has 0 aliphatic rings. The van der Waals surface area contributed by atoms with Gasteiger partial charge in [0.15, 0.2) is 11.5 Å². The standard InChI is InChI=1S/C25H17Cl2NO3/c1-30-24-15-18(14-20(16-28)19-6-10-22(27)11-7-19)4-12-23(24)31-25(29)13-5-17-2-8-21(26)9-3-17/h2-15H,1H3/b13-5+,20-14-. The van der Waals surface area contributed by atoms with Crippen LogP contribution >= 0.6 is 23.2 Å². The van der Waals surface area contributed by atoms with Gasteiger partial charge in [-0.05, 0) is 65.2 Å². The van der Waals surface area contributed by atoms with Crippen molar-refractivity contribution in [1.82, 2.24) is 0 Å². The highest BCUT2D eigenvalue weighted by atomic mass is 35.5. The summed E-state index contributed by atoms with van der Waals surface area (Å²) >= 11 is 11.8. The molecule has 0 bridgehead atoms. The average Bonchev–Trinajstić information content (AvgIpc) is 2.78. The highest BCUT2D eigenvalue weighted by molar-refractivity contribution is 6.30. The summed E-state index contributed by atoms with van der Waals surface area (Å²) in [5.74, 6) is 0.0983. The second-order valence-electron chi connectivity index (χ2n) is 6.39. The van der Waals surface area contributed by atoms with Crippen molar-refractivity contribution in [1.29, 1.82) is 5.26 Å². The molecule has 31 heavy (non-hydrogen) atoms. The SMILES string of the molecule is COc1cc(/C=C(/C#N)c2ccc(Cl)cc2)ccc1OC(=O)/C=C/c1ccc(Cl)cc1. The summed E-state index contributed by atoms with van der Waals surface area (Å²) in [6, 6.07) is 21.3. The minimum atomic E-state index is -0.546. The van der Waals surface area contributed by atoms with E-state index >= 15 is 0 Å². The van der Waals surface area contributed by atoms with Gasteiger partial charge < -0.3 is 9.47 Å². The molecule has 0 unspecified atom stereocenters. The molecule has 0 spiro atoms. The number of nitrogens with zero attached hydrogens (tertiary/aromatic N) is 1. The average molecular weight is 450 g/mol. The van der Waals surface area contributed by atoms with Crippen LogP contribution in [-0.2, 0) is 4.79 Å². The van der Waals surface area contributed by atoms with Gasteiger partial charge in [0.25, 0.3) is 0 Å². The number of rotatable bonds is 6. The van der Waals surface area contributed by atoms with E-state index in [9.17, 15) is 10.1 Å². The number of carbonyl (C=O) groups excluding carboxylic acids is 1. The van der Waals surface area contributed by atoms with E-state index in [1.807, 2.05) is 0 Å². The molecule has 3 aromatic rings. The van der Waals surface area contributed by atoms with Crippen LogP contribution in [0.1, 0.15) is 16.7 Å². The van der Waals surface area contributed by atoms with Crippen LogP contribution in [0, 0.1) is 11.3 Å². The maximum absolute atomic E-state index is 12.2. The number of nitriles is 1. The fourth-order valence-corrected chi connectivity index (χ4v) is 2.97. The smallest absolute Gasteiger partial charge is 0.336 e. The maximum Gasteiger partial charge on any atom is 0.336 e. The molecule has 6 heteroatoms. The van der Waals surface area contributed by atoms with E-state index in [0.717, 1.165) is 16.7 Å². The van der Waals surface area contributed by atoms with Crippen molar-refractivity contribution < 1.29 is 14.3 Å². The van der Waals surface area contributed by atoms with Crippen molar-refractivity contribution in [3.8, 4) is 17.6 Å². The third-order valence-corrected chi connectivity index (χ3v) is 4.77. The Morgan fingerprint density at radius 1 is 0.903 bits per heavy atom. The van der Waals surface area contributed by atoms with Gasteiger partial charge in [0.05, 0.1) is 18.8 Å². The molecular formula is C25H17Cl2NO3. The molecule has 0 saturated carbocycles. The van der Waals surface area contributed by atoms with Crippen molar-refractivity contribution in [2.75, 3.05) is 7.11 Å². The summed E-state index contributed by atoms with van der Waals surface area (Å²) in [6.07, 6.45) is 4.68.